The van der Waals surface area contributed by atoms with E-state index >= 15 is 0 Å². The second kappa shape index (κ2) is 6.39. The van der Waals surface area contributed by atoms with Crippen LogP contribution in [0.5, 0.6) is 0 Å². The number of hydrogen-bond donors (Lipinski definition) is 0. The molecule has 114 valence electrons. The van der Waals surface area contributed by atoms with Crippen molar-refractivity contribution in [2.75, 3.05) is 6.61 Å². The van der Waals surface area contributed by atoms with Gasteiger partial charge in [0.25, 0.3) is 5.56 Å². The summed E-state index contributed by atoms with van der Waals surface area (Å²) in [7, 11) is 0. The Morgan fingerprint density at radius 1 is 1.48 bits per heavy atom. The van der Waals surface area contributed by atoms with Crippen LogP contribution in [-0.4, -0.2) is 22.1 Å². The van der Waals surface area contributed by atoms with Gasteiger partial charge in [0, 0.05) is 4.88 Å². The number of nitrogens with zero attached hydrogens (tertiary/aromatic N) is 2. The SMILES string of the molecule is CCCCOC(=O)[C@H](C)n1cnc2sc(C)c(C)c2c1=O. The van der Waals surface area contributed by atoms with Crippen LogP contribution in [0.1, 0.15) is 43.2 Å². The Hall–Kier alpha value is -1.69. The molecule has 1 atom stereocenters. The van der Waals surface area contributed by atoms with E-state index in [-0.39, 0.29) is 5.56 Å². The van der Waals surface area contributed by atoms with Gasteiger partial charge < -0.3 is 4.74 Å². The van der Waals surface area contributed by atoms with Gasteiger partial charge in [0.05, 0.1) is 18.3 Å². The van der Waals surface area contributed by atoms with Crippen molar-refractivity contribution in [3.8, 4) is 0 Å². The average Bonchev–Trinajstić information content (AvgIpc) is 2.75. The molecule has 0 aromatic carbocycles. The molecule has 0 unspecified atom stereocenters. The molecule has 0 fully saturated rings. The zero-order chi connectivity index (χ0) is 15.6. The van der Waals surface area contributed by atoms with Gasteiger partial charge in [0.15, 0.2) is 0 Å². The summed E-state index contributed by atoms with van der Waals surface area (Å²) in [6.45, 7) is 7.96. The first-order chi connectivity index (χ1) is 9.97. The Balaban J connectivity index is 2.34. The minimum absolute atomic E-state index is 0.179. The van der Waals surface area contributed by atoms with E-state index in [0.29, 0.717) is 12.0 Å². The molecule has 0 spiro atoms. The molecule has 0 aliphatic heterocycles. The fourth-order valence-electron chi connectivity index (χ4n) is 2.08. The maximum atomic E-state index is 12.6. The van der Waals surface area contributed by atoms with E-state index in [0.717, 1.165) is 28.1 Å². The number of aryl methyl sites for hydroxylation is 2. The highest BCUT2D eigenvalue weighted by molar-refractivity contribution is 7.18. The summed E-state index contributed by atoms with van der Waals surface area (Å²) in [5.41, 5.74) is 0.759. The van der Waals surface area contributed by atoms with Crippen molar-refractivity contribution in [3.05, 3.63) is 27.1 Å². The van der Waals surface area contributed by atoms with Crippen LogP contribution in [0.15, 0.2) is 11.1 Å². The predicted octanol–water partition coefficient (Wildman–Crippen LogP) is 2.98. The van der Waals surface area contributed by atoms with Crippen molar-refractivity contribution >= 4 is 27.5 Å². The van der Waals surface area contributed by atoms with Gasteiger partial charge in [-0.05, 0) is 32.8 Å². The van der Waals surface area contributed by atoms with Crippen LogP contribution in [0.3, 0.4) is 0 Å². The Kier molecular flexibility index (Phi) is 4.77. The highest BCUT2D eigenvalue weighted by atomic mass is 32.1. The molecule has 6 heteroatoms. The van der Waals surface area contributed by atoms with Crippen LogP contribution in [0.2, 0.25) is 0 Å². The molecule has 5 nitrogen and oxygen atoms in total. The summed E-state index contributed by atoms with van der Waals surface area (Å²) in [5, 5.41) is 0.605. The maximum absolute atomic E-state index is 12.6. The van der Waals surface area contributed by atoms with Crippen LogP contribution in [0.4, 0.5) is 0 Å². The summed E-state index contributed by atoms with van der Waals surface area (Å²) < 4.78 is 6.53. The summed E-state index contributed by atoms with van der Waals surface area (Å²) >= 11 is 1.50. The third-order valence-electron chi connectivity index (χ3n) is 3.62. The first-order valence-electron chi connectivity index (χ1n) is 7.10. The Morgan fingerprint density at radius 2 is 2.19 bits per heavy atom. The minimum Gasteiger partial charge on any atom is -0.464 e. The number of unbranched alkanes of at least 4 members (excludes halogenated alkanes) is 1. The summed E-state index contributed by atoms with van der Waals surface area (Å²) in [5.74, 6) is -0.392. The number of aromatic nitrogens is 2. The third-order valence-corrected chi connectivity index (χ3v) is 4.73. The smallest absolute Gasteiger partial charge is 0.328 e. The lowest BCUT2D eigenvalue weighted by molar-refractivity contribution is -0.147. The summed E-state index contributed by atoms with van der Waals surface area (Å²) in [6, 6.07) is -0.661. The third kappa shape index (κ3) is 3.00. The van der Waals surface area contributed by atoms with E-state index in [9.17, 15) is 9.59 Å². The normalized spacial score (nSPS) is 12.6. The van der Waals surface area contributed by atoms with Gasteiger partial charge >= 0.3 is 5.97 Å². The Morgan fingerprint density at radius 3 is 2.86 bits per heavy atom. The molecule has 0 aliphatic rings. The molecule has 0 saturated heterocycles. The van der Waals surface area contributed by atoms with Crippen LogP contribution in [0.25, 0.3) is 10.2 Å². The van der Waals surface area contributed by atoms with E-state index in [1.807, 2.05) is 20.8 Å². The van der Waals surface area contributed by atoms with Gasteiger partial charge in [-0.2, -0.15) is 0 Å². The van der Waals surface area contributed by atoms with Crippen molar-refractivity contribution in [1.82, 2.24) is 9.55 Å². The average molecular weight is 308 g/mol. The molecule has 0 bridgehead atoms. The van der Waals surface area contributed by atoms with E-state index in [2.05, 4.69) is 4.98 Å². The van der Waals surface area contributed by atoms with Crippen molar-refractivity contribution in [1.29, 1.82) is 0 Å². The van der Waals surface area contributed by atoms with E-state index < -0.39 is 12.0 Å². The first kappa shape index (κ1) is 15.7. The molecule has 0 saturated carbocycles. The Labute approximate surface area is 127 Å². The lowest BCUT2D eigenvalue weighted by atomic mass is 10.2. The molecule has 0 radical (unpaired) electrons. The quantitative estimate of drug-likeness (QED) is 0.629. The number of fused-ring (bicyclic) bond motifs is 1. The topological polar surface area (TPSA) is 61.2 Å². The molecule has 0 N–H and O–H groups in total. The second-order valence-electron chi connectivity index (χ2n) is 5.12. The molecule has 2 rings (SSSR count). The molecule has 2 aromatic heterocycles. The van der Waals surface area contributed by atoms with Gasteiger partial charge in [-0.15, -0.1) is 11.3 Å². The van der Waals surface area contributed by atoms with E-state index in [4.69, 9.17) is 4.74 Å². The van der Waals surface area contributed by atoms with Crippen LogP contribution < -0.4 is 5.56 Å². The standard InChI is InChI=1S/C15H20N2O3S/c1-5-6-7-20-15(19)10(3)17-8-16-13-12(14(17)18)9(2)11(4)21-13/h8,10H,5-7H2,1-4H3/t10-/m0/s1. The van der Waals surface area contributed by atoms with Crippen molar-refractivity contribution in [2.24, 2.45) is 0 Å². The second-order valence-corrected chi connectivity index (χ2v) is 6.32. The zero-order valence-corrected chi connectivity index (χ0v) is 13.6. The lowest BCUT2D eigenvalue weighted by Crippen LogP contribution is -2.29. The van der Waals surface area contributed by atoms with Gasteiger partial charge in [0.1, 0.15) is 10.9 Å². The molecule has 21 heavy (non-hydrogen) atoms. The number of thiophene rings is 1. The van der Waals surface area contributed by atoms with E-state index in [1.165, 1.54) is 22.2 Å². The van der Waals surface area contributed by atoms with Gasteiger partial charge in [-0.25, -0.2) is 9.78 Å². The molecule has 0 amide bonds. The fourth-order valence-corrected chi connectivity index (χ4v) is 3.06. The minimum atomic E-state index is -0.661. The van der Waals surface area contributed by atoms with Crippen molar-refractivity contribution in [3.63, 3.8) is 0 Å². The van der Waals surface area contributed by atoms with Crippen LogP contribution in [0, 0.1) is 13.8 Å². The highest BCUT2D eigenvalue weighted by Gasteiger charge is 2.20. The van der Waals surface area contributed by atoms with Crippen LogP contribution >= 0.6 is 11.3 Å². The number of carbonyl (C=O) groups excluding carboxylic acids is 1. The van der Waals surface area contributed by atoms with Gasteiger partial charge in [-0.1, -0.05) is 13.3 Å². The van der Waals surface area contributed by atoms with Gasteiger partial charge in [-0.3, -0.25) is 9.36 Å². The van der Waals surface area contributed by atoms with Crippen molar-refractivity contribution < 1.29 is 9.53 Å². The predicted molar refractivity (Wildman–Crippen MR) is 83.9 cm³/mol. The van der Waals surface area contributed by atoms with Crippen LogP contribution in [-0.2, 0) is 9.53 Å². The fraction of sp³-hybridized carbons (Fsp3) is 0.533. The van der Waals surface area contributed by atoms with Crippen molar-refractivity contribution in [2.45, 2.75) is 46.6 Å². The number of ether oxygens (including phenoxy) is 1. The summed E-state index contributed by atoms with van der Waals surface area (Å²) in [4.78, 5) is 30.6. The first-order valence-corrected chi connectivity index (χ1v) is 7.92. The van der Waals surface area contributed by atoms with Gasteiger partial charge in [0.2, 0.25) is 0 Å². The number of carbonyl (C=O) groups is 1. The van der Waals surface area contributed by atoms with E-state index in [1.54, 1.807) is 6.92 Å². The molecular formula is C15H20N2O3S. The Bertz CT molecular complexity index is 718. The number of esters is 1. The largest absolute Gasteiger partial charge is 0.464 e. The molecule has 2 heterocycles. The summed E-state index contributed by atoms with van der Waals surface area (Å²) in [6.07, 6.45) is 3.22. The molecule has 2 aromatic rings. The lowest BCUT2D eigenvalue weighted by Gasteiger charge is -2.13. The number of rotatable bonds is 5. The molecular weight excluding hydrogens is 288 g/mol. The zero-order valence-electron chi connectivity index (χ0n) is 12.8. The highest BCUT2D eigenvalue weighted by Crippen LogP contribution is 2.25. The number of hydrogen-bond acceptors (Lipinski definition) is 5. The monoisotopic (exact) mass is 308 g/mol. The molecule has 0 aliphatic carbocycles. The maximum Gasteiger partial charge on any atom is 0.328 e.